The molecule has 2 aromatic rings. The van der Waals surface area contributed by atoms with Gasteiger partial charge < -0.3 is 14.9 Å². The number of hydrogen-bond donors (Lipinski definition) is 2. The monoisotopic (exact) mass is 286 g/mol. The maximum absolute atomic E-state index is 11.9. The predicted molar refractivity (Wildman–Crippen MR) is 78.5 cm³/mol. The van der Waals surface area contributed by atoms with Gasteiger partial charge in [-0.3, -0.25) is 0 Å². The number of carbonyl (C=O) groups excluding carboxylic acids is 1. The van der Waals surface area contributed by atoms with Gasteiger partial charge in [-0.15, -0.1) is 0 Å². The summed E-state index contributed by atoms with van der Waals surface area (Å²) in [6, 6.07) is 17.2. The smallest absolute Gasteiger partial charge is 0.338 e. The van der Waals surface area contributed by atoms with Crippen LogP contribution in [0, 0.1) is 0 Å². The quantitative estimate of drug-likeness (QED) is 0.823. The van der Waals surface area contributed by atoms with Gasteiger partial charge in [0, 0.05) is 0 Å². The van der Waals surface area contributed by atoms with E-state index in [-0.39, 0.29) is 6.61 Å². The molecule has 0 aliphatic carbocycles. The molecule has 110 valence electrons. The third-order valence-corrected chi connectivity index (χ3v) is 3.33. The molecular formula is C17H18O4. The van der Waals surface area contributed by atoms with E-state index in [1.165, 1.54) is 0 Å². The molecule has 21 heavy (non-hydrogen) atoms. The number of aliphatic hydroxyl groups is 2. The zero-order valence-corrected chi connectivity index (χ0v) is 11.8. The fourth-order valence-corrected chi connectivity index (χ4v) is 2.26. The minimum atomic E-state index is -1.85. The second kappa shape index (κ2) is 6.52. The van der Waals surface area contributed by atoms with Crippen molar-refractivity contribution < 1.29 is 19.7 Å². The SMILES string of the molecule is CCOC(=O)C(O)C(O)(c1ccccc1)c1ccccc1. The predicted octanol–water partition coefficient (Wildman–Crippen LogP) is 1.85. The average Bonchev–Trinajstić information content (AvgIpc) is 2.55. The molecule has 0 saturated carbocycles. The summed E-state index contributed by atoms with van der Waals surface area (Å²) in [6.45, 7) is 1.78. The van der Waals surface area contributed by atoms with Gasteiger partial charge in [0.25, 0.3) is 0 Å². The van der Waals surface area contributed by atoms with E-state index in [0.717, 1.165) is 0 Å². The largest absolute Gasteiger partial charge is 0.464 e. The van der Waals surface area contributed by atoms with E-state index < -0.39 is 17.7 Å². The number of hydrogen-bond acceptors (Lipinski definition) is 4. The van der Waals surface area contributed by atoms with Crippen molar-refractivity contribution in [3.8, 4) is 0 Å². The number of carbonyl (C=O) groups is 1. The summed E-state index contributed by atoms with van der Waals surface area (Å²) >= 11 is 0. The topological polar surface area (TPSA) is 66.8 Å². The van der Waals surface area contributed by atoms with Crippen LogP contribution >= 0.6 is 0 Å². The number of esters is 1. The van der Waals surface area contributed by atoms with Crippen LogP contribution in [-0.2, 0) is 15.1 Å². The van der Waals surface area contributed by atoms with Crippen molar-refractivity contribution in [2.24, 2.45) is 0 Å². The highest BCUT2D eigenvalue weighted by Gasteiger charge is 2.44. The van der Waals surface area contributed by atoms with E-state index in [1.54, 1.807) is 67.6 Å². The van der Waals surface area contributed by atoms with E-state index in [9.17, 15) is 15.0 Å². The standard InChI is InChI=1S/C17H18O4/c1-2-21-16(19)15(18)17(20,13-9-5-3-6-10-13)14-11-7-4-8-12-14/h3-12,15,18,20H,2H2,1H3. The lowest BCUT2D eigenvalue weighted by Gasteiger charge is -2.32. The molecule has 4 heteroatoms. The first-order chi connectivity index (χ1) is 10.1. The summed E-state index contributed by atoms with van der Waals surface area (Å²) in [4.78, 5) is 11.9. The van der Waals surface area contributed by atoms with Crippen molar-refractivity contribution >= 4 is 5.97 Å². The fraction of sp³-hybridized carbons (Fsp3) is 0.235. The van der Waals surface area contributed by atoms with Gasteiger partial charge in [0.15, 0.2) is 11.7 Å². The Morgan fingerprint density at radius 1 is 1.05 bits per heavy atom. The van der Waals surface area contributed by atoms with Crippen molar-refractivity contribution in [1.82, 2.24) is 0 Å². The Kier molecular flexibility index (Phi) is 4.73. The van der Waals surface area contributed by atoms with Gasteiger partial charge in [0.2, 0.25) is 0 Å². The van der Waals surface area contributed by atoms with E-state index in [4.69, 9.17) is 4.74 Å². The first-order valence-corrected chi connectivity index (χ1v) is 6.78. The van der Waals surface area contributed by atoms with Gasteiger partial charge in [-0.2, -0.15) is 0 Å². The van der Waals surface area contributed by atoms with Crippen molar-refractivity contribution in [1.29, 1.82) is 0 Å². The highest BCUT2D eigenvalue weighted by molar-refractivity contribution is 5.77. The number of rotatable bonds is 5. The first-order valence-electron chi connectivity index (χ1n) is 6.78. The third kappa shape index (κ3) is 2.96. The number of aliphatic hydroxyl groups excluding tert-OH is 1. The van der Waals surface area contributed by atoms with Crippen molar-refractivity contribution in [2.45, 2.75) is 18.6 Å². The van der Waals surface area contributed by atoms with Crippen molar-refractivity contribution in [2.75, 3.05) is 6.61 Å². The molecule has 0 bridgehead atoms. The van der Waals surface area contributed by atoms with Crippen molar-refractivity contribution in [3.63, 3.8) is 0 Å². The van der Waals surface area contributed by atoms with Crippen LogP contribution in [0.1, 0.15) is 18.1 Å². The molecular weight excluding hydrogens is 268 g/mol. The molecule has 2 rings (SSSR count). The molecule has 1 atom stereocenters. The Balaban J connectivity index is 2.52. The lowest BCUT2D eigenvalue weighted by molar-refractivity contribution is -0.166. The molecule has 1 unspecified atom stereocenters. The molecule has 0 aliphatic heterocycles. The molecule has 0 spiro atoms. The summed E-state index contributed by atoms with van der Waals surface area (Å²) in [6.07, 6.45) is -1.71. The summed E-state index contributed by atoms with van der Waals surface area (Å²) in [5, 5.41) is 21.4. The molecule has 0 aliphatic rings. The zero-order chi connectivity index (χ0) is 15.3. The van der Waals surface area contributed by atoms with Gasteiger partial charge in [0.1, 0.15) is 0 Å². The van der Waals surface area contributed by atoms with Gasteiger partial charge in [0.05, 0.1) is 6.61 Å². The van der Waals surface area contributed by atoms with Crippen LogP contribution in [0.2, 0.25) is 0 Å². The molecule has 0 heterocycles. The molecule has 0 saturated heterocycles. The van der Waals surface area contributed by atoms with Crippen LogP contribution in [0.3, 0.4) is 0 Å². The highest BCUT2D eigenvalue weighted by atomic mass is 16.5. The Bertz CT molecular complexity index is 541. The van der Waals surface area contributed by atoms with E-state index in [1.807, 2.05) is 0 Å². The fourth-order valence-electron chi connectivity index (χ4n) is 2.26. The molecule has 0 radical (unpaired) electrons. The summed E-state index contributed by atoms with van der Waals surface area (Å²) < 4.78 is 4.84. The number of ether oxygens (including phenoxy) is 1. The molecule has 0 aromatic heterocycles. The normalized spacial score (nSPS) is 12.7. The van der Waals surface area contributed by atoms with Crippen LogP contribution in [0.4, 0.5) is 0 Å². The molecule has 4 nitrogen and oxygen atoms in total. The van der Waals surface area contributed by atoms with E-state index in [0.29, 0.717) is 11.1 Å². The Labute approximate surface area is 123 Å². The lowest BCUT2D eigenvalue weighted by Crippen LogP contribution is -2.46. The second-order valence-electron chi connectivity index (χ2n) is 4.65. The van der Waals surface area contributed by atoms with Crippen LogP contribution in [-0.4, -0.2) is 28.9 Å². The van der Waals surface area contributed by atoms with Gasteiger partial charge in [-0.25, -0.2) is 4.79 Å². The lowest BCUT2D eigenvalue weighted by atomic mass is 9.81. The molecule has 0 fully saturated rings. The summed E-state index contributed by atoms with van der Waals surface area (Å²) in [5.41, 5.74) is -0.997. The Morgan fingerprint density at radius 2 is 1.48 bits per heavy atom. The summed E-state index contributed by atoms with van der Waals surface area (Å²) in [5.74, 6) is -0.854. The van der Waals surface area contributed by atoms with Crippen LogP contribution in [0.5, 0.6) is 0 Å². The Hall–Kier alpha value is -2.17. The van der Waals surface area contributed by atoms with Crippen LogP contribution in [0.25, 0.3) is 0 Å². The minimum absolute atomic E-state index is 0.134. The second-order valence-corrected chi connectivity index (χ2v) is 4.65. The van der Waals surface area contributed by atoms with Gasteiger partial charge >= 0.3 is 5.97 Å². The first kappa shape index (κ1) is 15.2. The molecule has 2 aromatic carbocycles. The Morgan fingerprint density at radius 3 is 1.86 bits per heavy atom. The molecule has 0 amide bonds. The average molecular weight is 286 g/mol. The maximum Gasteiger partial charge on any atom is 0.338 e. The van der Waals surface area contributed by atoms with Crippen molar-refractivity contribution in [3.05, 3.63) is 71.8 Å². The minimum Gasteiger partial charge on any atom is -0.464 e. The maximum atomic E-state index is 11.9. The third-order valence-electron chi connectivity index (χ3n) is 3.33. The van der Waals surface area contributed by atoms with Gasteiger partial charge in [-0.05, 0) is 18.1 Å². The summed E-state index contributed by atoms with van der Waals surface area (Å²) in [7, 11) is 0. The highest BCUT2D eigenvalue weighted by Crippen LogP contribution is 2.33. The number of benzene rings is 2. The zero-order valence-electron chi connectivity index (χ0n) is 11.8. The van der Waals surface area contributed by atoms with E-state index in [2.05, 4.69) is 0 Å². The van der Waals surface area contributed by atoms with Crippen LogP contribution < -0.4 is 0 Å². The van der Waals surface area contributed by atoms with Crippen LogP contribution in [0.15, 0.2) is 60.7 Å². The molecule has 2 N–H and O–H groups in total. The van der Waals surface area contributed by atoms with Gasteiger partial charge in [-0.1, -0.05) is 60.7 Å². The van der Waals surface area contributed by atoms with E-state index >= 15 is 0 Å².